The molecule has 0 aliphatic rings. The number of ether oxygens (including phenoxy) is 1. The first kappa shape index (κ1) is 18.8. The van der Waals surface area contributed by atoms with Crippen LogP contribution in [0.4, 0.5) is 10.5 Å². The minimum Gasteiger partial charge on any atom is -0.496 e. The van der Waals surface area contributed by atoms with Gasteiger partial charge in [0.05, 0.1) is 13.2 Å². The molecule has 0 unspecified atom stereocenters. The Morgan fingerprint density at radius 2 is 1.72 bits per heavy atom. The van der Waals surface area contributed by atoms with Crippen molar-refractivity contribution < 1.29 is 14.6 Å². The fourth-order valence-corrected chi connectivity index (χ4v) is 2.80. The van der Waals surface area contributed by atoms with Gasteiger partial charge in [-0.2, -0.15) is 0 Å². The number of amides is 2. The van der Waals surface area contributed by atoms with E-state index < -0.39 is 6.10 Å². The molecule has 2 amide bonds. The van der Waals surface area contributed by atoms with Gasteiger partial charge in [0.2, 0.25) is 0 Å². The van der Waals surface area contributed by atoms with Crippen molar-refractivity contribution in [3.05, 3.63) is 59.2 Å². The summed E-state index contributed by atoms with van der Waals surface area (Å²) in [5.41, 5.74) is 3.70. The van der Waals surface area contributed by atoms with Crippen molar-refractivity contribution in [2.45, 2.75) is 32.8 Å². The van der Waals surface area contributed by atoms with Gasteiger partial charge in [0, 0.05) is 17.8 Å². The van der Waals surface area contributed by atoms with Crippen LogP contribution < -0.4 is 15.4 Å². The van der Waals surface area contributed by atoms with Gasteiger partial charge >= 0.3 is 6.03 Å². The van der Waals surface area contributed by atoms with Crippen LogP contribution in [0.3, 0.4) is 0 Å². The van der Waals surface area contributed by atoms with Gasteiger partial charge in [0.15, 0.2) is 0 Å². The molecule has 3 N–H and O–H groups in total. The summed E-state index contributed by atoms with van der Waals surface area (Å²) in [4.78, 5) is 12.3. The van der Waals surface area contributed by atoms with Gasteiger partial charge in [-0.15, -0.1) is 0 Å². The molecule has 0 radical (unpaired) electrons. The van der Waals surface area contributed by atoms with E-state index in [2.05, 4.69) is 24.5 Å². The van der Waals surface area contributed by atoms with Crippen LogP contribution in [0.25, 0.3) is 0 Å². The molecule has 5 heteroatoms. The molecule has 0 aliphatic carbocycles. The van der Waals surface area contributed by atoms with Crippen molar-refractivity contribution >= 4 is 11.7 Å². The zero-order valence-electron chi connectivity index (χ0n) is 15.0. The second-order valence-corrected chi connectivity index (χ2v) is 5.75. The van der Waals surface area contributed by atoms with Crippen molar-refractivity contribution in [3.8, 4) is 5.75 Å². The summed E-state index contributed by atoms with van der Waals surface area (Å²) in [7, 11) is 1.56. The highest BCUT2D eigenvalue weighted by atomic mass is 16.5. The van der Waals surface area contributed by atoms with E-state index in [9.17, 15) is 9.90 Å². The topological polar surface area (TPSA) is 70.6 Å². The summed E-state index contributed by atoms with van der Waals surface area (Å²) >= 11 is 0. The molecular formula is C20H26N2O3. The highest BCUT2D eigenvalue weighted by molar-refractivity contribution is 5.91. The average molecular weight is 342 g/mol. The molecule has 0 fully saturated rings. The minimum atomic E-state index is -0.839. The molecule has 0 heterocycles. The fourth-order valence-electron chi connectivity index (χ4n) is 2.80. The smallest absolute Gasteiger partial charge is 0.319 e. The van der Waals surface area contributed by atoms with Crippen LogP contribution in [0.5, 0.6) is 5.75 Å². The Kier molecular flexibility index (Phi) is 6.83. The van der Waals surface area contributed by atoms with E-state index in [4.69, 9.17) is 4.74 Å². The van der Waals surface area contributed by atoms with Crippen molar-refractivity contribution in [1.29, 1.82) is 0 Å². The normalized spacial score (nSPS) is 11.7. The predicted octanol–water partition coefficient (Wildman–Crippen LogP) is 3.68. The summed E-state index contributed by atoms with van der Waals surface area (Å²) < 4.78 is 5.24. The molecule has 2 aromatic rings. The number of hydrogen-bond donors (Lipinski definition) is 3. The molecule has 0 aliphatic heterocycles. The number of benzene rings is 2. The second-order valence-electron chi connectivity index (χ2n) is 5.75. The largest absolute Gasteiger partial charge is 0.496 e. The van der Waals surface area contributed by atoms with Crippen molar-refractivity contribution in [2.75, 3.05) is 19.0 Å². The number of urea groups is 1. The molecule has 25 heavy (non-hydrogen) atoms. The lowest BCUT2D eigenvalue weighted by molar-refractivity contribution is 0.171. The number of nitrogens with one attached hydrogen (secondary N) is 2. The van der Waals surface area contributed by atoms with E-state index in [1.54, 1.807) is 19.2 Å². The van der Waals surface area contributed by atoms with Gasteiger partial charge in [-0.25, -0.2) is 4.79 Å². The van der Waals surface area contributed by atoms with Crippen LogP contribution in [0.2, 0.25) is 0 Å². The lowest BCUT2D eigenvalue weighted by Crippen LogP contribution is -2.33. The number of carbonyl (C=O) groups is 1. The number of rotatable bonds is 7. The summed E-state index contributed by atoms with van der Waals surface area (Å²) in [6, 6.07) is 12.9. The molecule has 1 atom stereocenters. The maximum Gasteiger partial charge on any atom is 0.319 e. The van der Waals surface area contributed by atoms with E-state index >= 15 is 0 Å². The van der Waals surface area contributed by atoms with Gasteiger partial charge in [-0.05, 0) is 30.0 Å². The van der Waals surface area contributed by atoms with Gasteiger partial charge in [-0.3, -0.25) is 0 Å². The number of aryl methyl sites for hydroxylation is 2. The standard InChI is InChI=1S/C20H26N2O3/c1-4-14-9-8-10-15(5-2)19(14)22-20(24)21-13-17(23)16-11-6-7-12-18(16)25-3/h6-12,17,23H,4-5,13H2,1-3H3,(H2,21,22,24)/t17-/m1/s1. The van der Waals surface area contributed by atoms with Crippen molar-refractivity contribution in [1.82, 2.24) is 5.32 Å². The molecular weight excluding hydrogens is 316 g/mol. The summed E-state index contributed by atoms with van der Waals surface area (Å²) in [5.74, 6) is 0.599. The number of para-hydroxylation sites is 2. The molecule has 0 saturated carbocycles. The molecule has 0 aromatic heterocycles. The SMILES string of the molecule is CCc1cccc(CC)c1NC(=O)NC[C@@H](O)c1ccccc1OC. The Balaban J connectivity index is 2.02. The third-order valence-electron chi connectivity index (χ3n) is 4.19. The number of methoxy groups -OCH3 is 1. The lowest BCUT2D eigenvalue weighted by Gasteiger charge is -2.17. The van der Waals surface area contributed by atoms with Crippen LogP contribution in [0.15, 0.2) is 42.5 Å². The van der Waals surface area contributed by atoms with Gasteiger partial charge in [-0.1, -0.05) is 50.2 Å². The van der Waals surface area contributed by atoms with E-state index in [0.717, 1.165) is 29.7 Å². The molecule has 0 saturated heterocycles. The first-order valence-electron chi connectivity index (χ1n) is 8.57. The predicted molar refractivity (Wildman–Crippen MR) is 100 cm³/mol. The number of aliphatic hydroxyl groups is 1. The van der Waals surface area contributed by atoms with Crippen LogP contribution >= 0.6 is 0 Å². The lowest BCUT2D eigenvalue weighted by atomic mass is 10.0. The number of carbonyl (C=O) groups excluding carboxylic acids is 1. The summed E-state index contributed by atoms with van der Waals surface area (Å²) in [5, 5.41) is 16.0. The average Bonchev–Trinajstić information content (AvgIpc) is 2.66. The minimum absolute atomic E-state index is 0.0992. The Morgan fingerprint density at radius 1 is 1.08 bits per heavy atom. The van der Waals surface area contributed by atoms with Crippen LogP contribution in [-0.4, -0.2) is 24.8 Å². The Hall–Kier alpha value is -2.53. The summed E-state index contributed by atoms with van der Waals surface area (Å²) in [6.07, 6.45) is 0.842. The molecule has 2 rings (SSSR count). The molecule has 0 spiro atoms. The molecule has 2 aromatic carbocycles. The molecule has 134 valence electrons. The monoisotopic (exact) mass is 342 g/mol. The second kappa shape index (κ2) is 9.08. The van der Waals surface area contributed by atoms with E-state index in [-0.39, 0.29) is 12.6 Å². The highest BCUT2D eigenvalue weighted by Gasteiger charge is 2.15. The molecule has 5 nitrogen and oxygen atoms in total. The molecule has 0 bridgehead atoms. The third kappa shape index (κ3) is 4.73. The maximum absolute atomic E-state index is 12.3. The number of hydrogen-bond acceptors (Lipinski definition) is 3. The van der Waals surface area contributed by atoms with Crippen molar-refractivity contribution in [2.24, 2.45) is 0 Å². The third-order valence-corrected chi connectivity index (χ3v) is 4.19. The van der Waals surface area contributed by atoms with Gasteiger partial charge in [0.25, 0.3) is 0 Å². The Morgan fingerprint density at radius 3 is 2.32 bits per heavy atom. The first-order valence-corrected chi connectivity index (χ1v) is 8.57. The van der Waals surface area contributed by atoms with E-state index in [0.29, 0.717) is 11.3 Å². The zero-order chi connectivity index (χ0) is 18.2. The highest BCUT2D eigenvalue weighted by Crippen LogP contribution is 2.25. The van der Waals surface area contributed by atoms with Crippen LogP contribution in [0.1, 0.15) is 36.6 Å². The van der Waals surface area contributed by atoms with Crippen LogP contribution in [-0.2, 0) is 12.8 Å². The Bertz CT molecular complexity index is 694. The van der Waals surface area contributed by atoms with Gasteiger partial charge < -0.3 is 20.5 Å². The summed E-state index contributed by atoms with van der Waals surface area (Å²) in [6.45, 7) is 4.22. The zero-order valence-corrected chi connectivity index (χ0v) is 15.0. The Labute approximate surface area is 149 Å². The van der Waals surface area contributed by atoms with Gasteiger partial charge in [0.1, 0.15) is 5.75 Å². The van der Waals surface area contributed by atoms with Crippen molar-refractivity contribution in [3.63, 3.8) is 0 Å². The van der Waals surface area contributed by atoms with Crippen LogP contribution in [0, 0.1) is 0 Å². The number of aliphatic hydroxyl groups excluding tert-OH is 1. The quantitative estimate of drug-likeness (QED) is 0.719. The fraction of sp³-hybridized carbons (Fsp3) is 0.350. The number of anilines is 1. The van der Waals surface area contributed by atoms with E-state index in [1.807, 2.05) is 30.3 Å². The van der Waals surface area contributed by atoms with E-state index in [1.165, 1.54) is 0 Å². The maximum atomic E-state index is 12.3. The first-order chi connectivity index (χ1) is 12.1.